The van der Waals surface area contributed by atoms with Gasteiger partial charge >= 0.3 is 6.18 Å². The van der Waals surface area contributed by atoms with E-state index in [1.165, 1.54) is 11.0 Å². The number of nitriles is 1. The summed E-state index contributed by atoms with van der Waals surface area (Å²) in [6, 6.07) is 13.6. The number of nitrogens with zero attached hydrogens (tertiary/aromatic N) is 3. The molecule has 2 aliphatic heterocycles. The van der Waals surface area contributed by atoms with Gasteiger partial charge in [-0.3, -0.25) is 14.5 Å². The smallest absolute Gasteiger partial charge is 0.425 e. The van der Waals surface area contributed by atoms with Crippen molar-refractivity contribution in [3.63, 3.8) is 0 Å². The number of para-hydroxylation sites is 1. The fourth-order valence-electron chi connectivity index (χ4n) is 5.53. The van der Waals surface area contributed by atoms with Crippen molar-refractivity contribution in [2.24, 2.45) is 22.6 Å². The van der Waals surface area contributed by atoms with E-state index in [-0.39, 0.29) is 30.0 Å². The number of alkyl halides is 3. The molecule has 1 saturated carbocycles. The van der Waals surface area contributed by atoms with Crippen LogP contribution in [0.3, 0.4) is 0 Å². The number of guanidine groups is 1. The standard InChI is InChI=1S/C28H28F3N5O3/c1-27(2)13-23(37)36(26(33)35-27)24(16-9-7-15(14-32)8-10-16)18-11-19(18)25(38)34-20-12-22(28(29,30)31)39-21-6-4-3-5-17(20)21/h3-10,18-20,22,24H,11-13H2,1-2H3,(H2,33,35)(H,34,38)/t18-,19-,20-,22+,24-/m0/s1. The lowest BCUT2D eigenvalue weighted by Crippen LogP contribution is -2.52. The molecule has 39 heavy (non-hydrogen) atoms. The second kappa shape index (κ2) is 9.59. The molecule has 5 atom stereocenters. The summed E-state index contributed by atoms with van der Waals surface area (Å²) in [6.45, 7) is 3.61. The van der Waals surface area contributed by atoms with Gasteiger partial charge in [-0.15, -0.1) is 0 Å². The van der Waals surface area contributed by atoms with Gasteiger partial charge in [0.05, 0.1) is 35.7 Å². The third kappa shape index (κ3) is 5.28. The van der Waals surface area contributed by atoms with Gasteiger partial charge in [0.1, 0.15) is 5.75 Å². The summed E-state index contributed by atoms with van der Waals surface area (Å²) in [5.41, 5.74) is 7.21. The number of benzene rings is 2. The number of carbonyl (C=O) groups excluding carboxylic acids is 2. The maximum absolute atomic E-state index is 13.5. The van der Waals surface area contributed by atoms with Crippen LogP contribution in [-0.2, 0) is 9.59 Å². The van der Waals surface area contributed by atoms with Crippen LogP contribution in [0.15, 0.2) is 53.5 Å². The Hall–Kier alpha value is -4.07. The monoisotopic (exact) mass is 539 g/mol. The van der Waals surface area contributed by atoms with Gasteiger partial charge in [-0.05, 0) is 49.9 Å². The van der Waals surface area contributed by atoms with E-state index in [2.05, 4.69) is 16.4 Å². The first kappa shape index (κ1) is 26.5. The van der Waals surface area contributed by atoms with Gasteiger partial charge in [0, 0.05) is 17.9 Å². The number of rotatable bonds is 5. The van der Waals surface area contributed by atoms with E-state index < -0.39 is 48.1 Å². The van der Waals surface area contributed by atoms with Gasteiger partial charge in [0.15, 0.2) is 12.1 Å². The summed E-state index contributed by atoms with van der Waals surface area (Å²) in [7, 11) is 0. The number of amides is 2. The Morgan fingerprint density at radius 1 is 1.21 bits per heavy atom. The molecule has 5 rings (SSSR count). The lowest BCUT2D eigenvalue weighted by Gasteiger charge is -2.38. The first-order chi connectivity index (χ1) is 18.4. The molecular formula is C28H28F3N5O3. The molecule has 0 saturated heterocycles. The summed E-state index contributed by atoms with van der Waals surface area (Å²) in [5, 5.41) is 12.0. The van der Waals surface area contributed by atoms with E-state index >= 15 is 0 Å². The predicted molar refractivity (Wildman–Crippen MR) is 135 cm³/mol. The summed E-state index contributed by atoms with van der Waals surface area (Å²) in [5.74, 6) is -1.40. The van der Waals surface area contributed by atoms with E-state index in [0.29, 0.717) is 23.1 Å². The first-order valence-corrected chi connectivity index (χ1v) is 12.7. The van der Waals surface area contributed by atoms with Crippen LogP contribution in [0.5, 0.6) is 5.75 Å². The lowest BCUT2D eigenvalue weighted by molar-refractivity contribution is -0.201. The van der Waals surface area contributed by atoms with Crippen molar-refractivity contribution >= 4 is 17.8 Å². The Balaban J connectivity index is 1.41. The number of hydrogen-bond acceptors (Lipinski definition) is 6. The molecule has 2 heterocycles. The molecule has 0 bridgehead atoms. The minimum Gasteiger partial charge on any atom is -0.480 e. The van der Waals surface area contributed by atoms with E-state index in [1.807, 2.05) is 0 Å². The van der Waals surface area contributed by atoms with E-state index in [0.717, 1.165) is 0 Å². The van der Waals surface area contributed by atoms with Crippen LogP contribution < -0.4 is 15.8 Å². The summed E-state index contributed by atoms with van der Waals surface area (Å²) < 4.78 is 45.8. The average Bonchev–Trinajstić information content (AvgIpc) is 3.66. The fraction of sp³-hybridized carbons (Fsp3) is 0.429. The van der Waals surface area contributed by atoms with Gasteiger partial charge in [-0.25, -0.2) is 4.99 Å². The Kier molecular flexibility index (Phi) is 6.53. The van der Waals surface area contributed by atoms with Gasteiger partial charge in [0.2, 0.25) is 11.8 Å². The largest absolute Gasteiger partial charge is 0.480 e. The molecule has 3 aliphatic rings. The molecule has 204 valence electrons. The molecule has 8 nitrogen and oxygen atoms in total. The summed E-state index contributed by atoms with van der Waals surface area (Å²) in [4.78, 5) is 32.5. The molecule has 0 spiro atoms. The van der Waals surface area contributed by atoms with Crippen molar-refractivity contribution < 1.29 is 27.5 Å². The van der Waals surface area contributed by atoms with Crippen LogP contribution in [0.4, 0.5) is 13.2 Å². The normalized spacial score (nSPS) is 26.4. The van der Waals surface area contributed by atoms with Crippen LogP contribution in [0.25, 0.3) is 0 Å². The maximum Gasteiger partial charge on any atom is 0.425 e. The van der Waals surface area contributed by atoms with Crippen molar-refractivity contribution in [3.8, 4) is 11.8 Å². The Bertz CT molecular complexity index is 1370. The molecule has 11 heteroatoms. The lowest BCUT2D eigenvalue weighted by atomic mass is 9.93. The first-order valence-electron chi connectivity index (χ1n) is 12.7. The highest BCUT2D eigenvalue weighted by molar-refractivity contribution is 5.99. The number of carbonyl (C=O) groups is 2. The van der Waals surface area contributed by atoms with Gasteiger partial charge in [-0.1, -0.05) is 30.3 Å². The Morgan fingerprint density at radius 3 is 2.54 bits per heavy atom. The van der Waals surface area contributed by atoms with Crippen molar-refractivity contribution in [2.75, 3.05) is 0 Å². The number of nitrogens with two attached hydrogens (primary N) is 1. The van der Waals surface area contributed by atoms with Crippen LogP contribution in [0.1, 0.15) is 61.9 Å². The zero-order chi connectivity index (χ0) is 28.1. The van der Waals surface area contributed by atoms with Crippen LogP contribution in [-0.4, -0.2) is 40.5 Å². The molecule has 0 aromatic heterocycles. The number of hydrogen-bond donors (Lipinski definition) is 2. The second-order valence-electron chi connectivity index (χ2n) is 10.9. The van der Waals surface area contributed by atoms with Gasteiger partial charge < -0.3 is 15.8 Å². The Labute approximate surface area is 223 Å². The molecular weight excluding hydrogens is 511 g/mol. The second-order valence-corrected chi connectivity index (χ2v) is 10.9. The molecule has 0 unspecified atom stereocenters. The number of halogens is 3. The third-order valence-electron chi connectivity index (χ3n) is 7.45. The van der Waals surface area contributed by atoms with Crippen LogP contribution in [0.2, 0.25) is 0 Å². The molecule has 0 radical (unpaired) electrons. The van der Waals surface area contributed by atoms with Crippen molar-refractivity contribution in [2.45, 2.75) is 63.0 Å². The van der Waals surface area contributed by atoms with E-state index in [4.69, 9.17) is 10.5 Å². The molecule has 3 N–H and O–H groups in total. The number of aliphatic imine (C=N–C) groups is 1. The quantitative estimate of drug-likeness (QED) is 0.592. The van der Waals surface area contributed by atoms with Crippen LogP contribution >= 0.6 is 0 Å². The average molecular weight is 540 g/mol. The van der Waals surface area contributed by atoms with Crippen molar-refractivity contribution in [1.82, 2.24) is 10.2 Å². The fourth-order valence-corrected chi connectivity index (χ4v) is 5.53. The topological polar surface area (TPSA) is 121 Å². The highest BCUT2D eigenvalue weighted by Crippen LogP contribution is 2.52. The molecule has 1 fully saturated rings. The highest BCUT2D eigenvalue weighted by Gasteiger charge is 2.54. The van der Waals surface area contributed by atoms with Crippen molar-refractivity contribution in [3.05, 3.63) is 65.2 Å². The van der Waals surface area contributed by atoms with E-state index in [9.17, 15) is 28.0 Å². The Morgan fingerprint density at radius 2 is 1.90 bits per heavy atom. The minimum atomic E-state index is -4.58. The van der Waals surface area contributed by atoms with Crippen LogP contribution in [0, 0.1) is 23.2 Å². The summed E-state index contributed by atoms with van der Waals surface area (Å²) in [6.07, 6.45) is -6.53. The third-order valence-corrected chi connectivity index (χ3v) is 7.45. The molecule has 2 aromatic rings. The minimum absolute atomic E-state index is 0.0445. The zero-order valence-corrected chi connectivity index (χ0v) is 21.4. The zero-order valence-electron chi connectivity index (χ0n) is 21.4. The maximum atomic E-state index is 13.5. The predicted octanol–water partition coefficient (Wildman–Crippen LogP) is 4.13. The number of nitrogens with one attached hydrogen (secondary N) is 1. The molecule has 2 aromatic carbocycles. The van der Waals surface area contributed by atoms with Gasteiger partial charge in [0.25, 0.3) is 0 Å². The van der Waals surface area contributed by atoms with Crippen molar-refractivity contribution in [1.29, 1.82) is 5.26 Å². The molecule has 1 aliphatic carbocycles. The van der Waals surface area contributed by atoms with Gasteiger partial charge in [-0.2, -0.15) is 18.4 Å². The highest BCUT2D eigenvalue weighted by atomic mass is 19.4. The summed E-state index contributed by atoms with van der Waals surface area (Å²) >= 11 is 0. The molecule has 2 amide bonds. The number of fused-ring (bicyclic) bond motifs is 1. The SMILES string of the molecule is CC1(C)CC(=O)N([C@@H](c2ccc(C#N)cc2)[C@H]2C[C@@H]2C(=O)N[C@H]2C[C@H](C(F)(F)F)Oc3ccccc32)C(N)=N1. The van der Waals surface area contributed by atoms with E-state index in [1.54, 1.807) is 56.3 Å². The number of ether oxygens (including phenoxy) is 1.